The Morgan fingerprint density at radius 2 is 1.78 bits per heavy atom. The molecule has 1 amide bonds. The topological polar surface area (TPSA) is 37.4 Å². The summed E-state index contributed by atoms with van der Waals surface area (Å²) in [7, 11) is 1.88. The number of Topliss-reactive ketones (excluding diaryl/α,β-unsaturated/α-hetero) is 1. The number of thiophene rings is 1. The quantitative estimate of drug-likeness (QED) is 0.786. The molecule has 98 valence electrons. The molecule has 18 heavy (non-hydrogen) atoms. The summed E-state index contributed by atoms with van der Waals surface area (Å²) in [6, 6.07) is 3.88. The summed E-state index contributed by atoms with van der Waals surface area (Å²) < 4.78 is 0. The van der Waals surface area contributed by atoms with Gasteiger partial charge in [-0.1, -0.05) is 19.3 Å². The van der Waals surface area contributed by atoms with Gasteiger partial charge in [-0.05, 0) is 31.9 Å². The van der Waals surface area contributed by atoms with Crippen LogP contribution in [0.4, 0.5) is 0 Å². The van der Waals surface area contributed by atoms with Crippen molar-refractivity contribution < 1.29 is 9.59 Å². The fourth-order valence-corrected chi connectivity index (χ4v) is 3.33. The minimum Gasteiger partial charge on any atom is -0.338 e. The summed E-state index contributed by atoms with van der Waals surface area (Å²) in [5.74, 6) is 0.0822. The van der Waals surface area contributed by atoms with E-state index in [1.807, 2.05) is 11.9 Å². The van der Waals surface area contributed by atoms with Gasteiger partial charge in [0.15, 0.2) is 5.78 Å². The maximum Gasteiger partial charge on any atom is 0.263 e. The van der Waals surface area contributed by atoms with Crippen LogP contribution in [0.1, 0.15) is 58.4 Å². The molecule has 4 heteroatoms. The standard InChI is InChI=1S/C14H19NO2S/c1-10(16)12-8-9-13(18-12)14(17)15(2)11-6-4-3-5-7-11/h8-9,11H,3-7H2,1-2H3. The molecule has 0 saturated heterocycles. The Kier molecular flexibility index (Phi) is 4.17. The van der Waals surface area contributed by atoms with Crippen molar-refractivity contribution in [3.63, 3.8) is 0 Å². The Balaban J connectivity index is 2.07. The molecule has 0 aromatic carbocycles. The molecule has 0 spiro atoms. The van der Waals surface area contributed by atoms with E-state index in [2.05, 4.69) is 0 Å². The Hall–Kier alpha value is -1.16. The number of amides is 1. The van der Waals surface area contributed by atoms with Crippen molar-refractivity contribution in [2.75, 3.05) is 7.05 Å². The van der Waals surface area contributed by atoms with Crippen molar-refractivity contribution >= 4 is 23.0 Å². The van der Waals surface area contributed by atoms with Crippen LogP contribution < -0.4 is 0 Å². The summed E-state index contributed by atoms with van der Waals surface area (Å²) in [6.45, 7) is 1.53. The average molecular weight is 265 g/mol. The van der Waals surface area contributed by atoms with Crippen molar-refractivity contribution in [2.24, 2.45) is 0 Å². The minimum atomic E-state index is 0.0272. The molecule has 0 aliphatic heterocycles. The van der Waals surface area contributed by atoms with E-state index >= 15 is 0 Å². The van der Waals surface area contributed by atoms with Crippen LogP contribution in [0, 0.1) is 0 Å². The molecule has 0 unspecified atom stereocenters. The molecule has 0 bridgehead atoms. The van der Waals surface area contributed by atoms with Crippen LogP contribution >= 0.6 is 11.3 Å². The SMILES string of the molecule is CC(=O)c1ccc(C(=O)N(C)C2CCCCC2)s1. The van der Waals surface area contributed by atoms with Crippen molar-refractivity contribution in [1.82, 2.24) is 4.90 Å². The van der Waals surface area contributed by atoms with Crippen LogP contribution in [0.25, 0.3) is 0 Å². The third-order valence-electron chi connectivity index (χ3n) is 3.61. The first-order chi connectivity index (χ1) is 8.59. The van der Waals surface area contributed by atoms with E-state index < -0.39 is 0 Å². The average Bonchev–Trinajstić information content (AvgIpc) is 2.88. The number of nitrogens with zero attached hydrogens (tertiary/aromatic N) is 1. The van der Waals surface area contributed by atoms with E-state index in [0.29, 0.717) is 15.8 Å². The monoisotopic (exact) mass is 265 g/mol. The molecule has 1 saturated carbocycles. The highest BCUT2D eigenvalue weighted by molar-refractivity contribution is 7.15. The number of carbonyl (C=O) groups is 2. The van der Waals surface area contributed by atoms with E-state index in [9.17, 15) is 9.59 Å². The molecule has 1 heterocycles. The lowest BCUT2D eigenvalue weighted by molar-refractivity contribution is 0.0701. The Bertz CT molecular complexity index is 446. The van der Waals surface area contributed by atoms with Gasteiger partial charge in [0.25, 0.3) is 5.91 Å². The largest absolute Gasteiger partial charge is 0.338 e. The molecule has 3 nitrogen and oxygen atoms in total. The molecule has 1 aromatic heterocycles. The van der Waals surface area contributed by atoms with Gasteiger partial charge in [-0.25, -0.2) is 0 Å². The first-order valence-corrected chi connectivity index (χ1v) is 7.29. The van der Waals surface area contributed by atoms with Gasteiger partial charge in [0.2, 0.25) is 0 Å². The maximum atomic E-state index is 12.3. The van der Waals surface area contributed by atoms with Gasteiger partial charge in [-0.2, -0.15) is 0 Å². The molecular weight excluding hydrogens is 246 g/mol. The Morgan fingerprint density at radius 1 is 1.17 bits per heavy atom. The summed E-state index contributed by atoms with van der Waals surface area (Å²) in [5.41, 5.74) is 0. The third kappa shape index (κ3) is 2.80. The minimum absolute atomic E-state index is 0.0272. The fourth-order valence-electron chi connectivity index (χ4n) is 2.45. The molecule has 1 aliphatic rings. The third-order valence-corrected chi connectivity index (χ3v) is 4.78. The van der Waals surface area contributed by atoms with Crippen LogP contribution in [-0.2, 0) is 0 Å². The molecule has 0 atom stereocenters. The first kappa shape index (κ1) is 13.3. The van der Waals surface area contributed by atoms with E-state index in [-0.39, 0.29) is 11.7 Å². The molecule has 0 radical (unpaired) electrons. The highest BCUT2D eigenvalue weighted by Crippen LogP contribution is 2.25. The maximum absolute atomic E-state index is 12.3. The van der Waals surface area contributed by atoms with Gasteiger partial charge in [0.1, 0.15) is 0 Å². The summed E-state index contributed by atoms with van der Waals surface area (Å²) in [6.07, 6.45) is 5.92. The van der Waals surface area contributed by atoms with Crippen molar-refractivity contribution in [1.29, 1.82) is 0 Å². The van der Waals surface area contributed by atoms with E-state index in [1.165, 1.54) is 37.5 Å². The summed E-state index contributed by atoms with van der Waals surface area (Å²) >= 11 is 1.30. The summed E-state index contributed by atoms with van der Waals surface area (Å²) in [5, 5.41) is 0. The van der Waals surface area contributed by atoms with Gasteiger partial charge in [0.05, 0.1) is 9.75 Å². The predicted octanol–water partition coefficient (Wildman–Crippen LogP) is 3.36. The second-order valence-corrected chi connectivity index (χ2v) is 6.01. The van der Waals surface area contributed by atoms with E-state index in [0.717, 1.165) is 12.8 Å². The molecular formula is C14H19NO2S. The first-order valence-electron chi connectivity index (χ1n) is 6.47. The van der Waals surface area contributed by atoms with Gasteiger partial charge in [0, 0.05) is 13.1 Å². The lowest BCUT2D eigenvalue weighted by Crippen LogP contribution is -2.37. The number of hydrogen-bond donors (Lipinski definition) is 0. The molecule has 1 aromatic rings. The van der Waals surface area contributed by atoms with Crippen LogP contribution in [0.5, 0.6) is 0 Å². The van der Waals surface area contributed by atoms with Crippen LogP contribution in [0.15, 0.2) is 12.1 Å². The molecule has 1 aliphatic carbocycles. The lowest BCUT2D eigenvalue weighted by atomic mass is 9.94. The zero-order valence-corrected chi connectivity index (χ0v) is 11.8. The van der Waals surface area contributed by atoms with Crippen LogP contribution in [0.3, 0.4) is 0 Å². The van der Waals surface area contributed by atoms with E-state index in [1.54, 1.807) is 12.1 Å². The van der Waals surface area contributed by atoms with Gasteiger partial charge in [-0.15, -0.1) is 11.3 Å². The van der Waals surface area contributed by atoms with Crippen LogP contribution in [-0.4, -0.2) is 29.7 Å². The molecule has 1 fully saturated rings. The zero-order valence-electron chi connectivity index (χ0n) is 10.9. The number of ketones is 1. The van der Waals surface area contributed by atoms with Crippen molar-refractivity contribution in [3.8, 4) is 0 Å². The summed E-state index contributed by atoms with van der Waals surface area (Å²) in [4.78, 5) is 26.7. The Labute approximate surface area is 112 Å². The Morgan fingerprint density at radius 3 is 2.33 bits per heavy atom. The lowest BCUT2D eigenvalue weighted by Gasteiger charge is -2.30. The second-order valence-electron chi connectivity index (χ2n) is 4.93. The zero-order chi connectivity index (χ0) is 13.1. The fraction of sp³-hybridized carbons (Fsp3) is 0.571. The number of rotatable bonds is 3. The molecule has 0 N–H and O–H groups in total. The van der Waals surface area contributed by atoms with Crippen molar-refractivity contribution in [2.45, 2.75) is 45.1 Å². The van der Waals surface area contributed by atoms with Gasteiger partial charge >= 0.3 is 0 Å². The normalized spacial score (nSPS) is 16.6. The molecule has 2 rings (SSSR count). The predicted molar refractivity (Wildman–Crippen MR) is 73.3 cm³/mol. The number of hydrogen-bond acceptors (Lipinski definition) is 3. The van der Waals surface area contributed by atoms with E-state index in [4.69, 9.17) is 0 Å². The van der Waals surface area contributed by atoms with Crippen LogP contribution in [0.2, 0.25) is 0 Å². The van der Waals surface area contributed by atoms with Gasteiger partial charge in [-0.3, -0.25) is 9.59 Å². The smallest absolute Gasteiger partial charge is 0.263 e. The van der Waals surface area contributed by atoms with Gasteiger partial charge < -0.3 is 4.90 Å². The van der Waals surface area contributed by atoms with Crippen molar-refractivity contribution in [3.05, 3.63) is 21.9 Å². The second kappa shape index (κ2) is 5.65. The highest BCUT2D eigenvalue weighted by Gasteiger charge is 2.24. The highest BCUT2D eigenvalue weighted by atomic mass is 32.1. The number of carbonyl (C=O) groups excluding carboxylic acids is 2.